The lowest BCUT2D eigenvalue weighted by Gasteiger charge is -2.33. The second kappa shape index (κ2) is 8.75. The maximum atomic E-state index is 12.1. The molecule has 0 radical (unpaired) electrons. The minimum Gasteiger partial charge on any atom is -0.444 e. The van der Waals surface area contributed by atoms with Crippen LogP contribution in [0.25, 0.3) is 0 Å². The number of likely N-dealkylation sites (tertiary alicyclic amines) is 1. The van der Waals surface area contributed by atoms with Gasteiger partial charge in [0.2, 0.25) is 11.8 Å². The fourth-order valence-corrected chi connectivity index (χ4v) is 2.75. The van der Waals surface area contributed by atoms with Gasteiger partial charge in [-0.05, 0) is 57.9 Å². The summed E-state index contributed by atoms with van der Waals surface area (Å²) in [6.07, 6.45) is 1.07. The van der Waals surface area contributed by atoms with Crippen LogP contribution in [-0.4, -0.2) is 54.1 Å². The summed E-state index contributed by atoms with van der Waals surface area (Å²) in [4.78, 5) is 36.9. The molecule has 148 valence electrons. The number of carbonyl (C=O) groups excluding carboxylic acids is 3. The highest BCUT2D eigenvalue weighted by Gasteiger charge is 2.27. The first-order chi connectivity index (χ1) is 12.6. The van der Waals surface area contributed by atoms with E-state index in [1.807, 2.05) is 20.8 Å². The summed E-state index contributed by atoms with van der Waals surface area (Å²) in [5.41, 5.74) is 5.83. The Bertz CT molecular complexity index is 674. The van der Waals surface area contributed by atoms with Gasteiger partial charge in [0.05, 0.1) is 6.54 Å². The third-order valence-corrected chi connectivity index (χ3v) is 4.13. The summed E-state index contributed by atoms with van der Waals surface area (Å²) in [5.74, 6) is -0.610. The maximum Gasteiger partial charge on any atom is 0.410 e. The van der Waals surface area contributed by atoms with E-state index in [0.717, 1.165) is 5.69 Å². The Morgan fingerprint density at radius 1 is 1.15 bits per heavy atom. The standard InChI is InChI=1S/C19H28N4O4/c1-19(2,3)27-18(26)23-10-8-15(9-11-23)22-16(24)12-21-14-6-4-13(5-7-14)17(20)25/h4-7,15,21H,8-12H2,1-3H3,(H2,20,25)(H,22,24). The Balaban J connectivity index is 1.71. The van der Waals surface area contributed by atoms with Gasteiger partial charge in [-0.1, -0.05) is 0 Å². The van der Waals surface area contributed by atoms with Gasteiger partial charge in [-0.25, -0.2) is 4.79 Å². The molecule has 0 aliphatic carbocycles. The van der Waals surface area contributed by atoms with E-state index < -0.39 is 11.5 Å². The molecule has 2 rings (SSSR count). The number of hydrogen-bond acceptors (Lipinski definition) is 5. The van der Waals surface area contributed by atoms with Crippen molar-refractivity contribution < 1.29 is 19.1 Å². The summed E-state index contributed by atoms with van der Waals surface area (Å²) in [6.45, 7) is 6.76. The molecule has 1 saturated heterocycles. The van der Waals surface area contributed by atoms with Gasteiger partial charge in [-0.2, -0.15) is 0 Å². The van der Waals surface area contributed by atoms with Crippen molar-refractivity contribution in [3.05, 3.63) is 29.8 Å². The lowest BCUT2D eigenvalue weighted by atomic mass is 10.1. The monoisotopic (exact) mass is 376 g/mol. The molecule has 27 heavy (non-hydrogen) atoms. The fourth-order valence-electron chi connectivity index (χ4n) is 2.75. The van der Waals surface area contributed by atoms with Gasteiger partial charge in [0.15, 0.2) is 0 Å². The molecule has 4 N–H and O–H groups in total. The Morgan fingerprint density at radius 3 is 2.26 bits per heavy atom. The second-order valence-electron chi connectivity index (χ2n) is 7.60. The number of amides is 3. The van der Waals surface area contributed by atoms with E-state index in [2.05, 4.69) is 10.6 Å². The van der Waals surface area contributed by atoms with Crippen molar-refractivity contribution in [3.63, 3.8) is 0 Å². The van der Waals surface area contributed by atoms with Gasteiger partial charge in [0, 0.05) is 30.4 Å². The summed E-state index contributed by atoms with van der Waals surface area (Å²) in [5, 5.41) is 5.98. The predicted octanol–water partition coefficient (Wildman–Crippen LogP) is 1.71. The average molecular weight is 376 g/mol. The molecule has 8 nitrogen and oxygen atoms in total. The molecule has 1 heterocycles. The number of benzene rings is 1. The van der Waals surface area contributed by atoms with E-state index in [9.17, 15) is 14.4 Å². The fraction of sp³-hybridized carbons (Fsp3) is 0.526. The number of rotatable bonds is 5. The van der Waals surface area contributed by atoms with Gasteiger partial charge in [0.25, 0.3) is 0 Å². The molecular formula is C19H28N4O4. The number of primary amides is 1. The Morgan fingerprint density at radius 2 is 1.74 bits per heavy atom. The van der Waals surface area contributed by atoms with Crippen LogP contribution in [0, 0.1) is 0 Å². The predicted molar refractivity (Wildman–Crippen MR) is 102 cm³/mol. The van der Waals surface area contributed by atoms with Crippen molar-refractivity contribution in [2.24, 2.45) is 5.73 Å². The topological polar surface area (TPSA) is 114 Å². The van der Waals surface area contributed by atoms with E-state index in [1.54, 1.807) is 29.2 Å². The number of ether oxygens (including phenoxy) is 1. The van der Waals surface area contributed by atoms with Gasteiger partial charge in [-0.3, -0.25) is 9.59 Å². The quantitative estimate of drug-likeness (QED) is 0.724. The molecule has 0 spiro atoms. The summed E-state index contributed by atoms with van der Waals surface area (Å²) in [6, 6.07) is 6.65. The van der Waals surface area contributed by atoms with Crippen LogP contribution in [0.5, 0.6) is 0 Å². The zero-order valence-corrected chi connectivity index (χ0v) is 16.1. The largest absolute Gasteiger partial charge is 0.444 e. The van der Waals surface area contributed by atoms with Crippen LogP contribution in [0.15, 0.2) is 24.3 Å². The molecule has 1 aliphatic rings. The average Bonchev–Trinajstić information content (AvgIpc) is 2.59. The number of carbonyl (C=O) groups is 3. The molecule has 1 fully saturated rings. The van der Waals surface area contributed by atoms with Crippen LogP contribution in [0.3, 0.4) is 0 Å². The van der Waals surface area contributed by atoms with Crippen LogP contribution in [0.2, 0.25) is 0 Å². The first kappa shape index (κ1) is 20.5. The molecule has 0 saturated carbocycles. The Labute approximate surface area is 159 Å². The maximum absolute atomic E-state index is 12.1. The highest BCUT2D eigenvalue weighted by atomic mass is 16.6. The van der Waals surface area contributed by atoms with Crippen LogP contribution < -0.4 is 16.4 Å². The summed E-state index contributed by atoms with van der Waals surface area (Å²) < 4.78 is 5.36. The molecule has 8 heteroatoms. The van der Waals surface area contributed by atoms with Gasteiger partial charge >= 0.3 is 6.09 Å². The number of anilines is 1. The number of nitrogens with two attached hydrogens (primary N) is 1. The van der Waals surface area contributed by atoms with E-state index in [0.29, 0.717) is 31.5 Å². The Hall–Kier alpha value is -2.77. The third-order valence-electron chi connectivity index (χ3n) is 4.13. The lowest BCUT2D eigenvalue weighted by Crippen LogP contribution is -2.48. The third kappa shape index (κ3) is 6.80. The molecule has 3 amide bonds. The van der Waals surface area contributed by atoms with Crippen molar-refractivity contribution in [1.29, 1.82) is 0 Å². The molecule has 0 atom stereocenters. The Kier molecular flexibility index (Phi) is 6.65. The number of nitrogens with zero attached hydrogens (tertiary/aromatic N) is 1. The molecule has 0 bridgehead atoms. The zero-order valence-electron chi connectivity index (χ0n) is 16.1. The molecule has 1 aromatic rings. The van der Waals surface area contributed by atoms with Crippen LogP contribution in [-0.2, 0) is 9.53 Å². The minimum absolute atomic E-state index is 0.0372. The molecular weight excluding hydrogens is 348 g/mol. The highest BCUT2D eigenvalue weighted by Crippen LogP contribution is 2.15. The minimum atomic E-state index is -0.510. The molecule has 1 aromatic carbocycles. The van der Waals surface area contributed by atoms with Crippen LogP contribution in [0.4, 0.5) is 10.5 Å². The van der Waals surface area contributed by atoms with Crippen LogP contribution in [0.1, 0.15) is 44.0 Å². The van der Waals surface area contributed by atoms with Crippen LogP contribution >= 0.6 is 0 Å². The highest BCUT2D eigenvalue weighted by molar-refractivity contribution is 5.93. The van der Waals surface area contributed by atoms with Crippen molar-refractivity contribution in [1.82, 2.24) is 10.2 Å². The smallest absolute Gasteiger partial charge is 0.410 e. The SMILES string of the molecule is CC(C)(C)OC(=O)N1CCC(NC(=O)CNc2ccc(C(N)=O)cc2)CC1. The number of hydrogen-bond donors (Lipinski definition) is 3. The van der Waals surface area contributed by atoms with Crippen molar-refractivity contribution in [2.75, 3.05) is 25.0 Å². The van der Waals surface area contributed by atoms with E-state index in [1.165, 1.54) is 0 Å². The van der Waals surface area contributed by atoms with E-state index >= 15 is 0 Å². The van der Waals surface area contributed by atoms with Gasteiger partial charge in [0.1, 0.15) is 5.60 Å². The molecule has 0 unspecified atom stereocenters. The van der Waals surface area contributed by atoms with Crippen molar-refractivity contribution in [3.8, 4) is 0 Å². The first-order valence-electron chi connectivity index (χ1n) is 9.05. The first-order valence-corrected chi connectivity index (χ1v) is 9.05. The summed E-state index contributed by atoms with van der Waals surface area (Å²) in [7, 11) is 0. The normalized spacial score (nSPS) is 15.1. The zero-order chi connectivity index (χ0) is 20.0. The molecule has 1 aliphatic heterocycles. The van der Waals surface area contributed by atoms with E-state index in [4.69, 9.17) is 10.5 Å². The van der Waals surface area contributed by atoms with E-state index in [-0.39, 0.29) is 24.6 Å². The van der Waals surface area contributed by atoms with Crippen molar-refractivity contribution >= 4 is 23.6 Å². The lowest BCUT2D eigenvalue weighted by molar-refractivity contribution is -0.120. The summed E-state index contributed by atoms with van der Waals surface area (Å²) >= 11 is 0. The van der Waals surface area contributed by atoms with Gasteiger partial charge in [-0.15, -0.1) is 0 Å². The number of piperidine rings is 1. The van der Waals surface area contributed by atoms with Gasteiger partial charge < -0.3 is 26.0 Å². The number of nitrogens with one attached hydrogen (secondary N) is 2. The second-order valence-corrected chi connectivity index (χ2v) is 7.60. The van der Waals surface area contributed by atoms with Crippen molar-refractivity contribution in [2.45, 2.75) is 45.3 Å². The molecule has 0 aromatic heterocycles.